The Hall–Kier alpha value is -1.94. The van der Waals surface area contributed by atoms with Crippen LogP contribution in [0.15, 0.2) is 0 Å². The Bertz CT molecular complexity index is 1440. The van der Waals surface area contributed by atoms with Gasteiger partial charge in [0.15, 0.2) is 25.2 Å². The molecule has 62 heavy (non-hydrogen) atoms. The van der Waals surface area contributed by atoms with Gasteiger partial charge in [0.05, 0.1) is 57.4 Å². The van der Waals surface area contributed by atoms with E-state index in [9.17, 15) is 76.0 Å². The van der Waals surface area contributed by atoms with Crippen LogP contribution in [0.25, 0.3) is 0 Å². The zero-order valence-electron chi connectivity index (χ0n) is 34.3. The van der Waals surface area contributed by atoms with Crippen molar-refractivity contribution in [1.29, 1.82) is 0 Å². The number of carbonyl (C=O) groups is 2. The van der Waals surface area contributed by atoms with E-state index in [1.165, 1.54) is 20.8 Å². The van der Waals surface area contributed by atoms with Crippen LogP contribution in [0, 0.1) is 5.92 Å². The Morgan fingerprint density at radius 2 is 0.903 bits per heavy atom. The third-order valence-electron chi connectivity index (χ3n) is 11.8. The SMILES string of the molecule is CC(=O)N[C@H]1C(O)[C@H](O[C@@H]2OC(CO[C@H]3OC(CO)[C@@H](C)C(O)[C@H]3O)[C@@H](O)C(O[C@H]3O[C@H](CO)[C@@H](O)C(O)C3O)[C@H]2O)C(CO)O[C@H]1O[C@@H]1C(CO)O[C@@H](C)[C@@H](NC(C)=O)C1O. The van der Waals surface area contributed by atoms with Gasteiger partial charge in [0, 0.05) is 19.8 Å². The maximum absolute atomic E-state index is 12.5. The molecule has 360 valence electrons. The smallest absolute Gasteiger partial charge is 0.217 e. The number of aliphatic hydroxyl groups excluding tert-OH is 13. The third kappa shape index (κ3) is 11.0. The molecule has 0 saturated carbocycles. The molecule has 0 aromatic rings. The van der Waals surface area contributed by atoms with Gasteiger partial charge in [0.2, 0.25) is 11.8 Å². The first-order valence-electron chi connectivity index (χ1n) is 20.2. The highest BCUT2D eigenvalue weighted by molar-refractivity contribution is 5.73. The van der Waals surface area contributed by atoms with Crippen molar-refractivity contribution < 1.29 is 119 Å². The number of hydrogen-bond acceptors (Lipinski definition) is 24. The van der Waals surface area contributed by atoms with Crippen LogP contribution in [0.1, 0.15) is 27.7 Å². The number of hydrogen-bond donors (Lipinski definition) is 15. The molecule has 5 rings (SSSR count). The van der Waals surface area contributed by atoms with E-state index in [0.29, 0.717) is 0 Å². The van der Waals surface area contributed by atoms with Gasteiger partial charge in [0.25, 0.3) is 0 Å². The molecule has 5 fully saturated rings. The topological polar surface area (TPSA) is 404 Å². The lowest BCUT2D eigenvalue weighted by atomic mass is 9.91. The van der Waals surface area contributed by atoms with Crippen molar-refractivity contribution >= 4 is 11.8 Å². The maximum atomic E-state index is 12.5. The molecule has 5 saturated heterocycles. The highest BCUT2D eigenvalue weighted by Gasteiger charge is 2.56. The summed E-state index contributed by atoms with van der Waals surface area (Å²) in [6, 6.07) is -2.65. The molecule has 5 aliphatic heterocycles. The Kier molecular flexibility index (Phi) is 18.1. The van der Waals surface area contributed by atoms with Gasteiger partial charge in [-0.15, -0.1) is 0 Å². The maximum Gasteiger partial charge on any atom is 0.217 e. The zero-order valence-corrected chi connectivity index (χ0v) is 34.3. The average Bonchev–Trinajstić information content (AvgIpc) is 3.23. The van der Waals surface area contributed by atoms with Crippen LogP contribution in [-0.4, -0.2) is 258 Å². The Morgan fingerprint density at radius 1 is 0.452 bits per heavy atom. The lowest BCUT2D eigenvalue weighted by Gasteiger charge is -2.50. The third-order valence-corrected chi connectivity index (χ3v) is 11.8. The fraction of sp³-hybridized carbons (Fsp3) is 0.944. The highest BCUT2D eigenvalue weighted by atomic mass is 16.8. The Balaban J connectivity index is 1.41. The van der Waals surface area contributed by atoms with Crippen LogP contribution in [0.3, 0.4) is 0 Å². The van der Waals surface area contributed by atoms with Crippen molar-refractivity contribution in [2.24, 2.45) is 5.92 Å². The van der Waals surface area contributed by atoms with Crippen molar-refractivity contribution in [2.45, 2.75) is 175 Å². The van der Waals surface area contributed by atoms with Gasteiger partial charge in [-0.05, 0) is 6.92 Å². The second kappa shape index (κ2) is 22.0. The molecular formula is C36H62N2O24. The number of nitrogens with one attached hydrogen (secondary N) is 2. The van der Waals surface area contributed by atoms with Gasteiger partial charge in [-0.1, -0.05) is 6.92 Å². The molecule has 0 aliphatic carbocycles. The number of amides is 2. The quantitative estimate of drug-likeness (QED) is 0.0725. The monoisotopic (exact) mass is 906 g/mol. The summed E-state index contributed by atoms with van der Waals surface area (Å²) < 4.78 is 52.1. The van der Waals surface area contributed by atoms with E-state index in [2.05, 4.69) is 10.6 Å². The second-order valence-electron chi connectivity index (χ2n) is 16.1. The predicted octanol–water partition coefficient (Wildman–Crippen LogP) is -9.29. The largest absolute Gasteiger partial charge is 0.394 e. The highest BCUT2D eigenvalue weighted by Crippen LogP contribution is 2.35. The molecule has 5 aliphatic rings. The molecule has 0 aromatic carbocycles. The minimum atomic E-state index is -2.13. The van der Waals surface area contributed by atoms with Crippen molar-refractivity contribution in [3.8, 4) is 0 Å². The molecule has 0 radical (unpaired) electrons. The molecule has 5 heterocycles. The van der Waals surface area contributed by atoms with Crippen molar-refractivity contribution in [2.75, 3.05) is 33.0 Å². The molecule has 26 heteroatoms. The minimum absolute atomic E-state index is 0.524. The van der Waals surface area contributed by atoms with Gasteiger partial charge in [-0.2, -0.15) is 0 Å². The van der Waals surface area contributed by atoms with Crippen molar-refractivity contribution in [3.63, 3.8) is 0 Å². The Labute approximate surface area is 354 Å². The number of rotatable bonds is 15. The molecule has 26 nitrogen and oxygen atoms in total. The van der Waals surface area contributed by atoms with Gasteiger partial charge < -0.3 is 120 Å². The van der Waals surface area contributed by atoms with E-state index < -0.39 is 198 Å². The van der Waals surface area contributed by atoms with Crippen molar-refractivity contribution in [3.05, 3.63) is 0 Å². The summed E-state index contributed by atoms with van der Waals surface area (Å²) in [6.07, 6.45) is -36.6. The predicted molar refractivity (Wildman–Crippen MR) is 196 cm³/mol. The first kappa shape index (κ1) is 51.1. The summed E-state index contributed by atoms with van der Waals surface area (Å²) in [4.78, 5) is 24.4. The molecule has 25 atom stereocenters. The van der Waals surface area contributed by atoms with Crippen LogP contribution in [0.2, 0.25) is 0 Å². The van der Waals surface area contributed by atoms with Gasteiger partial charge in [-0.3, -0.25) is 9.59 Å². The number of ether oxygens (including phenoxy) is 9. The van der Waals surface area contributed by atoms with Crippen LogP contribution >= 0.6 is 0 Å². The number of aliphatic hydroxyl groups is 13. The van der Waals surface area contributed by atoms with E-state index in [0.717, 1.165) is 6.92 Å². The van der Waals surface area contributed by atoms with Crippen LogP contribution in [-0.2, 0) is 52.2 Å². The fourth-order valence-corrected chi connectivity index (χ4v) is 8.19. The van der Waals surface area contributed by atoms with E-state index in [4.69, 9.17) is 42.6 Å². The standard InChI is InChI=1S/C36H62N2O24/c1-10-14(5-39)56-34(27(51)21(10)45)54-9-18-23(47)32(62-35-28(52)26(50)22(46)15(6-40)57-35)29(53)36(59-18)61-31-17(8-42)58-33(20(25(31)49)38-13(4)44)60-30-16(7-41)55-11(2)19(24(30)48)37-12(3)43/h10-11,14-36,39-42,45-53H,5-9H2,1-4H3,(H,37,43)(H,38,44)/t10-,11+,14?,15-,16?,17?,18?,19-,20+,21?,22-,23-,24?,25?,26?,27-,28?,29-,30-,31-,32?,33+,34+,35-,36+/m1/s1. The summed E-state index contributed by atoms with van der Waals surface area (Å²) in [5.74, 6) is -2.00. The summed E-state index contributed by atoms with van der Waals surface area (Å²) in [7, 11) is 0. The molecule has 0 spiro atoms. The molecule has 0 aromatic heterocycles. The summed E-state index contributed by atoms with van der Waals surface area (Å²) in [5, 5.41) is 144. The summed E-state index contributed by atoms with van der Waals surface area (Å²) >= 11 is 0. The molecule has 10 unspecified atom stereocenters. The summed E-state index contributed by atoms with van der Waals surface area (Å²) in [5.41, 5.74) is 0. The van der Waals surface area contributed by atoms with E-state index in [1.807, 2.05) is 0 Å². The lowest BCUT2D eigenvalue weighted by Crippen LogP contribution is -2.70. The number of carbonyl (C=O) groups excluding carboxylic acids is 2. The van der Waals surface area contributed by atoms with Crippen LogP contribution < -0.4 is 10.6 Å². The van der Waals surface area contributed by atoms with E-state index >= 15 is 0 Å². The second-order valence-corrected chi connectivity index (χ2v) is 16.1. The molecule has 0 bridgehead atoms. The van der Waals surface area contributed by atoms with Crippen LogP contribution in [0.5, 0.6) is 0 Å². The fourth-order valence-electron chi connectivity index (χ4n) is 8.19. The first-order valence-corrected chi connectivity index (χ1v) is 20.2. The molecule has 15 N–H and O–H groups in total. The lowest BCUT2D eigenvalue weighted by molar-refractivity contribution is -0.382. The van der Waals surface area contributed by atoms with Gasteiger partial charge >= 0.3 is 0 Å². The summed E-state index contributed by atoms with van der Waals surface area (Å²) in [6.45, 7) is 1.53. The minimum Gasteiger partial charge on any atom is -0.394 e. The average molecular weight is 907 g/mol. The van der Waals surface area contributed by atoms with E-state index in [-0.39, 0.29) is 0 Å². The Morgan fingerprint density at radius 3 is 1.48 bits per heavy atom. The van der Waals surface area contributed by atoms with Gasteiger partial charge in [0.1, 0.15) is 97.6 Å². The zero-order chi connectivity index (χ0) is 45.9. The normalized spacial score (nSPS) is 49.0. The van der Waals surface area contributed by atoms with E-state index in [1.54, 1.807) is 0 Å². The molecule has 2 amide bonds. The van der Waals surface area contributed by atoms with Crippen molar-refractivity contribution in [1.82, 2.24) is 10.6 Å². The first-order chi connectivity index (χ1) is 29.3. The molecular weight excluding hydrogens is 844 g/mol. The van der Waals surface area contributed by atoms with Crippen LogP contribution in [0.4, 0.5) is 0 Å². The van der Waals surface area contributed by atoms with Gasteiger partial charge in [-0.25, -0.2) is 0 Å².